The Hall–Kier alpha value is -1.57. The average molecular weight is 818 g/mol. The van der Waals surface area contributed by atoms with Crippen molar-refractivity contribution >= 4 is 5.97 Å². The predicted molar refractivity (Wildman–Crippen MR) is 202 cm³/mol. The van der Waals surface area contributed by atoms with Crippen LogP contribution in [0, 0.1) is 5.92 Å². The average Bonchev–Trinajstić information content (AvgIpc) is 3.76. The minimum atomic E-state index is -0.915. The highest BCUT2D eigenvalue weighted by atomic mass is 16.8. The number of fused-ring (bicyclic) bond motifs is 3. The summed E-state index contributed by atoms with van der Waals surface area (Å²) in [7, 11) is 0. The van der Waals surface area contributed by atoms with Crippen molar-refractivity contribution in [3.63, 3.8) is 0 Å². The van der Waals surface area contributed by atoms with Crippen molar-refractivity contribution < 1.29 is 67.1 Å². The Bertz CT molecular complexity index is 1600. The first-order valence-corrected chi connectivity index (χ1v) is 22.0. The summed E-state index contributed by atoms with van der Waals surface area (Å²) in [5, 5.41) is 20.8. The van der Waals surface area contributed by atoms with Crippen molar-refractivity contribution in [2.24, 2.45) is 11.7 Å². The van der Waals surface area contributed by atoms with Gasteiger partial charge in [0.2, 0.25) is 0 Å². The second kappa shape index (κ2) is 15.4. The summed E-state index contributed by atoms with van der Waals surface area (Å²) >= 11 is 0. The van der Waals surface area contributed by atoms with Crippen molar-refractivity contribution in [2.75, 3.05) is 6.61 Å². The summed E-state index contributed by atoms with van der Waals surface area (Å²) in [6, 6.07) is -0.609. The molecule has 21 atom stereocenters. The lowest BCUT2D eigenvalue weighted by Gasteiger charge is -2.53. The van der Waals surface area contributed by atoms with E-state index < -0.39 is 48.0 Å². The first-order valence-electron chi connectivity index (χ1n) is 22.0. The smallest absolute Gasteiger partial charge is 0.305 e. The highest BCUT2D eigenvalue weighted by Gasteiger charge is 2.69. The molecule has 324 valence electrons. The SMILES string of the molecule is C=C1CC(CC[C@@]23CC4O[C@H]5[C@@H](O2)[C@H]2OC(CC(=O)O)CC[C@@H]2O[C@H]5C4O3)OC1CC[C@H]1C[C@@H](C)C(=C)C(C[C@@H]2O[C@H]3C[C@H]4OC(C)(C)OC[C@H]4O[C@H]3[C@H](N)[C@H]2O)O1. The number of carboxylic acid groups (broad SMARTS) is 1. The zero-order valence-corrected chi connectivity index (χ0v) is 34.0. The molecular formula is C43H63NO14. The maximum absolute atomic E-state index is 11.5. The summed E-state index contributed by atoms with van der Waals surface area (Å²) in [5.74, 6) is -2.15. The fourth-order valence-corrected chi connectivity index (χ4v) is 11.9. The molecule has 11 saturated heterocycles. The summed E-state index contributed by atoms with van der Waals surface area (Å²) in [4.78, 5) is 11.5. The number of aliphatic hydroxyl groups excluding tert-OH is 1. The fraction of sp³-hybridized carbons (Fsp3) is 0.884. The number of rotatable bonds is 10. The van der Waals surface area contributed by atoms with Crippen LogP contribution in [0.3, 0.4) is 0 Å². The van der Waals surface area contributed by atoms with Crippen LogP contribution in [0.5, 0.6) is 0 Å². The van der Waals surface area contributed by atoms with Gasteiger partial charge in [-0.15, -0.1) is 0 Å². The van der Waals surface area contributed by atoms with E-state index >= 15 is 0 Å². The molecule has 0 aromatic heterocycles. The first kappa shape index (κ1) is 40.5. The number of hydrogen-bond donors (Lipinski definition) is 3. The lowest BCUT2D eigenvalue weighted by molar-refractivity contribution is -0.351. The van der Waals surface area contributed by atoms with Gasteiger partial charge in [0.1, 0.15) is 42.7 Å². The van der Waals surface area contributed by atoms with Crippen LogP contribution in [0.1, 0.15) is 97.8 Å². The number of ether oxygens (including phenoxy) is 11. The van der Waals surface area contributed by atoms with Crippen LogP contribution < -0.4 is 5.73 Å². The second-order valence-electron chi connectivity index (χ2n) is 19.4. The van der Waals surface area contributed by atoms with Crippen LogP contribution in [-0.4, -0.2) is 150 Å². The van der Waals surface area contributed by atoms with E-state index in [9.17, 15) is 15.0 Å². The fourth-order valence-electron chi connectivity index (χ4n) is 11.9. The topological polar surface area (TPSA) is 185 Å². The van der Waals surface area contributed by atoms with Crippen molar-refractivity contribution in [3.8, 4) is 0 Å². The number of aliphatic hydroxyl groups is 1. The van der Waals surface area contributed by atoms with E-state index in [0.717, 1.165) is 49.7 Å². The lowest BCUT2D eigenvalue weighted by Crippen LogP contribution is -2.68. The zero-order valence-electron chi connectivity index (χ0n) is 34.0. The number of carbonyl (C=O) groups is 1. The Labute approximate surface area is 340 Å². The number of nitrogens with two attached hydrogens (primary N) is 1. The minimum absolute atomic E-state index is 0.00385. The molecule has 11 fully saturated rings. The van der Waals surface area contributed by atoms with E-state index in [1.54, 1.807) is 0 Å². The van der Waals surface area contributed by atoms with E-state index in [1.807, 2.05) is 13.8 Å². The van der Waals surface area contributed by atoms with Crippen LogP contribution in [0.4, 0.5) is 0 Å². The van der Waals surface area contributed by atoms with Gasteiger partial charge in [-0.1, -0.05) is 20.1 Å². The van der Waals surface area contributed by atoms with Crippen LogP contribution in [-0.2, 0) is 56.9 Å². The van der Waals surface area contributed by atoms with E-state index in [0.29, 0.717) is 38.7 Å². The molecule has 0 aliphatic carbocycles. The molecule has 58 heavy (non-hydrogen) atoms. The summed E-state index contributed by atoms with van der Waals surface area (Å²) in [6.07, 6.45) is 2.53. The molecule has 0 aromatic carbocycles. The van der Waals surface area contributed by atoms with Crippen molar-refractivity contribution in [2.45, 2.75) is 225 Å². The summed E-state index contributed by atoms with van der Waals surface area (Å²) in [6.45, 7) is 15.3. The van der Waals surface area contributed by atoms with Crippen molar-refractivity contribution in [3.05, 3.63) is 24.3 Å². The van der Waals surface area contributed by atoms with Gasteiger partial charge in [0.05, 0.1) is 86.2 Å². The highest BCUT2D eigenvalue weighted by Crippen LogP contribution is 2.54. The van der Waals surface area contributed by atoms with Gasteiger partial charge in [0, 0.05) is 25.7 Å². The Balaban J connectivity index is 0.725. The first-order chi connectivity index (χ1) is 27.7. The number of hydrogen-bond acceptors (Lipinski definition) is 14. The van der Waals surface area contributed by atoms with E-state index in [2.05, 4.69) is 20.1 Å². The lowest BCUT2D eigenvalue weighted by atomic mass is 9.81. The van der Waals surface area contributed by atoms with Crippen molar-refractivity contribution in [1.29, 1.82) is 0 Å². The third-order valence-corrected chi connectivity index (χ3v) is 14.9. The Morgan fingerprint density at radius 2 is 1.52 bits per heavy atom. The minimum Gasteiger partial charge on any atom is -0.481 e. The molecule has 0 spiro atoms. The number of carboxylic acids is 1. The van der Waals surface area contributed by atoms with Gasteiger partial charge in [-0.2, -0.15) is 0 Å². The molecule has 0 amide bonds. The van der Waals surface area contributed by atoms with Gasteiger partial charge in [0.25, 0.3) is 0 Å². The molecule has 4 N–H and O–H groups in total. The summed E-state index contributed by atoms with van der Waals surface area (Å²) < 4.78 is 71.2. The second-order valence-corrected chi connectivity index (χ2v) is 19.4. The quantitative estimate of drug-likeness (QED) is 0.273. The Morgan fingerprint density at radius 1 is 0.759 bits per heavy atom. The van der Waals surface area contributed by atoms with Gasteiger partial charge in [-0.05, 0) is 75.9 Å². The molecule has 11 heterocycles. The number of aliphatic carboxylic acids is 1. The molecule has 11 aliphatic heterocycles. The molecular weight excluding hydrogens is 754 g/mol. The largest absolute Gasteiger partial charge is 0.481 e. The molecule has 15 heteroatoms. The highest BCUT2D eigenvalue weighted by molar-refractivity contribution is 5.67. The summed E-state index contributed by atoms with van der Waals surface area (Å²) in [5.41, 5.74) is 8.73. The Morgan fingerprint density at radius 3 is 2.34 bits per heavy atom. The van der Waals surface area contributed by atoms with Crippen LogP contribution in [0.2, 0.25) is 0 Å². The maximum atomic E-state index is 11.5. The molecule has 6 unspecified atom stereocenters. The molecule has 0 aromatic rings. The molecule has 15 nitrogen and oxygen atoms in total. The van der Waals surface area contributed by atoms with Crippen LogP contribution in [0.15, 0.2) is 24.3 Å². The molecule has 11 aliphatic rings. The predicted octanol–water partition coefficient (Wildman–Crippen LogP) is 3.21. The van der Waals surface area contributed by atoms with Gasteiger partial charge >= 0.3 is 5.97 Å². The third-order valence-electron chi connectivity index (χ3n) is 14.9. The van der Waals surface area contributed by atoms with E-state index in [-0.39, 0.29) is 97.8 Å². The molecule has 11 rings (SSSR count). The van der Waals surface area contributed by atoms with E-state index in [1.165, 1.54) is 0 Å². The Kier molecular flexibility index (Phi) is 10.7. The zero-order chi connectivity index (χ0) is 40.2. The van der Waals surface area contributed by atoms with Gasteiger partial charge in [-0.3, -0.25) is 4.79 Å². The maximum Gasteiger partial charge on any atom is 0.305 e. The van der Waals surface area contributed by atoms with Gasteiger partial charge < -0.3 is 68.1 Å². The normalized spacial score (nSPS) is 52.8. The van der Waals surface area contributed by atoms with Crippen LogP contribution >= 0.6 is 0 Å². The van der Waals surface area contributed by atoms with Gasteiger partial charge in [-0.25, -0.2) is 0 Å². The molecule has 0 saturated carbocycles. The van der Waals surface area contributed by atoms with Crippen LogP contribution in [0.25, 0.3) is 0 Å². The molecule has 6 bridgehead atoms. The molecule has 0 radical (unpaired) electrons. The van der Waals surface area contributed by atoms with Crippen molar-refractivity contribution in [1.82, 2.24) is 0 Å². The third kappa shape index (κ3) is 7.45. The van der Waals surface area contributed by atoms with E-state index in [4.69, 9.17) is 57.8 Å². The van der Waals surface area contributed by atoms with Gasteiger partial charge in [0.15, 0.2) is 11.6 Å². The monoisotopic (exact) mass is 817 g/mol. The standard InChI is InChI=1S/C43H63NO14/c1-19-12-22(50-27(21(19)3)15-29-35(47)34(44)36-30(52-29)16-28-32(55-36)18-48-42(4,5)56-28)6-8-25-20(2)13-24(49-25)10-11-43-17-31-38(57-43)39-40(54-31)41(58-43)37-26(53-39)9-7-23(51-37)14-33(45)46/h19,22-32,34-41,47H,2-3,6-18,44H2,1,4-5H3,(H,45,46)/t19-,22+,23?,24?,25?,26+,27?,28-,29+,30+,31?,32-,34-,35+,36-,37+,38?,39+,40-,41+,43+/m1/s1.